The highest BCUT2D eigenvalue weighted by Crippen LogP contribution is 2.76. The SMILES string of the molecule is CC(C)(/C=C/C[C@](C)(O[C@@H]1O[C@H](CO)[C@@H](O)[C@H](O)[C@H]1O)[C@H]1CC[C@]2(C)[C@@H]1[C@H](O)C[C@@H]1[C@@]3(C)CC[C@H](O[C@@H]4O[C@H](CO)[C@@H](O)[C@H](O)[C@H]4O)C(C)(C)[C@@H]3CC[C@]12C)OO. The van der Waals surface area contributed by atoms with E-state index in [4.69, 9.17) is 18.9 Å². The molecule has 4 saturated carbocycles. The second-order valence-corrected chi connectivity index (χ2v) is 20.6. The van der Waals surface area contributed by atoms with E-state index in [1.165, 1.54) is 0 Å². The maximum atomic E-state index is 12.5. The lowest BCUT2D eigenvalue weighted by Crippen LogP contribution is -2.67. The first kappa shape index (κ1) is 45.7. The lowest BCUT2D eigenvalue weighted by Gasteiger charge is -2.71. The molecule has 0 aromatic carbocycles. The molecule has 0 amide bonds. The summed E-state index contributed by atoms with van der Waals surface area (Å²) in [5.41, 5.74) is -3.19. The van der Waals surface area contributed by atoms with E-state index in [2.05, 4.69) is 39.5 Å². The molecular formula is C42H72O15. The Hall–Kier alpha value is -0.860. The maximum Gasteiger partial charge on any atom is 0.187 e. The molecule has 2 saturated heterocycles. The van der Waals surface area contributed by atoms with Crippen molar-refractivity contribution in [2.24, 2.45) is 45.3 Å². The minimum atomic E-state index is -1.62. The number of hydrogen-bond donors (Lipinski definition) is 10. The summed E-state index contributed by atoms with van der Waals surface area (Å²) in [5, 5.41) is 106. The largest absolute Gasteiger partial charge is 0.394 e. The van der Waals surface area contributed by atoms with Crippen LogP contribution in [0.2, 0.25) is 0 Å². The molecule has 15 nitrogen and oxygen atoms in total. The fourth-order valence-corrected chi connectivity index (χ4v) is 13.3. The Morgan fingerprint density at radius 3 is 1.82 bits per heavy atom. The molecule has 2 aliphatic heterocycles. The van der Waals surface area contributed by atoms with Crippen LogP contribution in [0.25, 0.3) is 0 Å². The van der Waals surface area contributed by atoms with Crippen molar-refractivity contribution >= 4 is 0 Å². The Balaban J connectivity index is 1.27. The molecule has 10 N–H and O–H groups in total. The molecule has 0 bridgehead atoms. The zero-order chi connectivity index (χ0) is 42.3. The maximum absolute atomic E-state index is 12.5. The average Bonchev–Trinajstić information content (AvgIpc) is 3.54. The number of fused-ring (bicyclic) bond motifs is 5. The van der Waals surface area contributed by atoms with Crippen LogP contribution in [0.15, 0.2) is 12.2 Å². The molecular weight excluding hydrogens is 744 g/mol. The first-order chi connectivity index (χ1) is 26.5. The highest BCUT2D eigenvalue weighted by atomic mass is 17.1. The minimum Gasteiger partial charge on any atom is -0.394 e. The Morgan fingerprint density at radius 2 is 1.25 bits per heavy atom. The van der Waals surface area contributed by atoms with Crippen LogP contribution in [-0.4, -0.2) is 149 Å². The molecule has 0 radical (unpaired) electrons. The zero-order valence-corrected chi connectivity index (χ0v) is 35.0. The Bertz CT molecular complexity index is 1430. The van der Waals surface area contributed by atoms with Crippen LogP contribution >= 0.6 is 0 Å². The molecule has 6 fully saturated rings. The van der Waals surface area contributed by atoms with Gasteiger partial charge in [-0.2, -0.15) is 0 Å². The van der Waals surface area contributed by atoms with Gasteiger partial charge in [0, 0.05) is 0 Å². The predicted molar refractivity (Wildman–Crippen MR) is 204 cm³/mol. The van der Waals surface area contributed by atoms with Crippen molar-refractivity contribution in [1.82, 2.24) is 0 Å². The van der Waals surface area contributed by atoms with E-state index < -0.39 is 97.3 Å². The van der Waals surface area contributed by atoms with Crippen molar-refractivity contribution in [2.45, 2.75) is 192 Å². The van der Waals surface area contributed by atoms with Crippen LogP contribution in [0.1, 0.15) is 107 Å². The van der Waals surface area contributed by atoms with Gasteiger partial charge in [-0.25, -0.2) is 4.89 Å². The summed E-state index contributed by atoms with van der Waals surface area (Å²) in [6, 6.07) is 0. The van der Waals surface area contributed by atoms with Crippen molar-refractivity contribution < 1.29 is 75.1 Å². The predicted octanol–water partition coefficient (Wildman–Crippen LogP) is 1.62. The normalized spacial score (nSPS) is 51.2. The van der Waals surface area contributed by atoms with Gasteiger partial charge in [-0.1, -0.05) is 46.8 Å². The van der Waals surface area contributed by atoms with Crippen molar-refractivity contribution in [3.8, 4) is 0 Å². The molecule has 0 aromatic rings. The highest BCUT2D eigenvalue weighted by molar-refractivity contribution is 5.21. The summed E-state index contributed by atoms with van der Waals surface area (Å²) in [6.45, 7) is 15.6. The van der Waals surface area contributed by atoms with Gasteiger partial charge in [-0.3, -0.25) is 5.26 Å². The lowest BCUT2D eigenvalue weighted by molar-refractivity contribution is -0.337. The zero-order valence-electron chi connectivity index (χ0n) is 35.0. The van der Waals surface area contributed by atoms with Crippen molar-refractivity contribution in [1.29, 1.82) is 0 Å². The van der Waals surface area contributed by atoms with E-state index in [9.17, 15) is 51.2 Å². The molecule has 4 aliphatic carbocycles. The van der Waals surface area contributed by atoms with Gasteiger partial charge in [0.05, 0.1) is 31.0 Å². The summed E-state index contributed by atoms with van der Waals surface area (Å²) >= 11 is 0. The van der Waals surface area contributed by atoms with Gasteiger partial charge >= 0.3 is 0 Å². The summed E-state index contributed by atoms with van der Waals surface area (Å²) in [6.07, 6.45) is -5.96. The second kappa shape index (κ2) is 16.1. The van der Waals surface area contributed by atoms with E-state index in [1.54, 1.807) is 19.9 Å². The first-order valence-electron chi connectivity index (χ1n) is 21.1. The standard InChI is InChI=1S/C42H72O15/c1-37(2,57-52)13-9-14-42(8,56-36-34(51)32(49)30(47)24(20-44)54-36)21-10-16-41(7)28(21)22(45)18-26-39(5)15-12-27(38(3,4)25(39)11-17-40(26,41)6)55-35-33(50)31(48)29(46)23(19-43)53-35/h9,13,21-36,43-52H,10-12,14-20H2,1-8H3/b13-9+/t21-,22+,23+,24+,25-,26+,27-,28-,29+,30+,31-,32-,33+,34+,35-,36-,39-,40+,41+,42-/m0/s1. The Labute approximate surface area is 336 Å². The molecule has 6 aliphatic rings. The first-order valence-corrected chi connectivity index (χ1v) is 21.1. The third kappa shape index (κ3) is 7.49. The third-order valence-electron chi connectivity index (χ3n) is 16.8. The average molecular weight is 817 g/mol. The van der Waals surface area contributed by atoms with Gasteiger partial charge in [0.15, 0.2) is 12.6 Å². The smallest absolute Gasteiger partial charge is 0.187 e. The molecule has 0 aromatic heterocycles. The number of aliphatic hydroxyl groups is 9. The molecule has 57 heavy (non-hydrogen) atoms. The second-order valence-electron chi connectivity index (χ2n) is 20.6. The topological polar surface area (TPSA) is 248 Å². The van der Waals surface area contributed by atoms with Crippen LogP contribution in [0.4, 0.5) is 0 Å². The van der Waals surface area contributed by atoms with E-state index in [0.29, 0.717) is 19.3 Å². The van der Waals surface area contributed by atoms with E-state index in [-0.39, 0.29) is 52.4 Å². The quantitative estimate of drug-likeness (QED) is 0.0616. The van der Waals surface area contributed by atoms with Crippen molar-refractivity contribution in [3.05, 3.63) is 12.2 Å². The monoisotopic (exact) mass is 816 g/mol. The minimum absolute atomic E-state index is 0.145. The molecule has 6 rings (SSSR count). The molecule has 0 unspecified atom stereocenters. The fraction of sp³-hybridized carbons (Fsp3) is 0.952. The van der Waals surface area contributed by atoms with Crippen LogP contribution in [0, 0.1) is 45.3 Å². The molecule has 2 heterocycles. The number of rotatable bonds is 11. The third-order valence-corrected chi connectivity index (χ3v) is 16.8. The van der Waals surface area contributed by atoms with Crippen LogP contribution in [0.3, 0.4) is 0 Å². The van der Waals surface area contributed by atoms with E-state index in [0.717, 1.165) is 25.7 Å². The van der Waals surface area contributed by atoms with E-state index >= 15 is 0 Å². The molecule has 0 spiro atoms. The van der Waals surface area contributed by atoms with Crippen LogP contribution < -0.4 is 0 Å². The van der Waals surface area contributed by atoms with Gasteiger partial charge in [0.25, 0.3) is 0 Å². The Kier molecular flexibility index (Phi) is 12.9. The number of ether oxygens (including phenoxy) is 4. The van der Waals surface area contributed by atoms with Gasteiger partial charge in [0.2, 0.25) is 0 Å². The lowest BCUT2D eigenvalue weighted by atomic mass is 9.35. The van der Waals surface area contributed by atoms with Gasteiger partial charge in [-0.15, -0.1) is 0 Å². The van der Waals surface area contributed by atoms with E-state index in [1.807, 2.05) is 13.0 Å². The molecule has 20 atom stereocenters. The number of aliphatic hydroxyl groups excluding tert-OH is 9. The van der Waals surface area contributed by atoms with Crippen molar-refractivity contribution in [2.75, 3.05) is 13.2 Å². The molecule has 15 heteroatoms. The highest BCUT2D eigenvalue weighted by Gasteiger charge is 2.72. The van der Waals surface area contributed by atoms with Crippen LogP contribution in [-0.2, 0) is 23.8 Å². The summed E-state index contributed by atoms with van der Waals surface area (Å²) < 4.78 is 24.8. The van der Waals surface area contributed by atoms with Gasteiger partial charge in [0.1, 0.15) is 54.4 Å². The van der Waals surface area contributed by atoms with Crippen molar-refractivity contribution in [3.63, 3.8) is 0 Å². The summed E-state index contributed by atoms with van der Waals surface area (Å²) in [5.74, 6) is -0.136. The summed E-state index contributed by atoms with van der Waals surface area (Å²) in [4.78, 5) is 4.65. The number of hydrogen-bond acceptors (Lipinski definition) is 15. The summed E-state index contributed by atoms with van der Waals surface area (Å²) in [7, 11) is 0. The van der Waals surface area contributed by atoms with Gasteiger partial charge in [-0.05, 0) is 117 Å². The fourth-order valence-electron chi connectivity index (χ4n) is 13.3. The van der Waals surface area contributed by atoms with Gasteiger partial charge < -0.3 is 64.9 Å². The Morgan fingerprint density at radius 1 is 0.684 bits per heavy atom. The molecule has 330 valence electrons. The van der Waals surface area contributed by atoms with Crippen LogP contribution in [0.5, 0.6) is 0 Å².